The second-order valence-electron chi connectivity index (χ2n) is 5.95. The number of aryl methyl sites for hydroxylation is 1. The van der Waals surface area contributed by atoms with Gasteiger partial charge in [-0.3, -0.25) is 9.80 Å². The number of hydrazone groups is 1. The molecule has 0 fully saturated rings. The van der Waals surface area contributed by atoms with Crippen molar-refractivity contribution in [3.63, 3.8) is 0 Å². The SMILES string of the molecule is CC1=CC(=O)C(N2CC=C(c3ccc(C)cc3)C(C(=O)O)=N2)C=C1. The van der Waals surface area contributed by atoms with E-state index >= 15 is 0 Å². The van der Waals surface area contributed by atoms with Gasteiger partial charge in [-0.05, 0) is 31.1 Å². The van der Waals surface area contributed by atoms with Crippen LogP contribution in [0.15, 0.2) is 59.2 Å². The summed E-state index contributed by atoms with van der Waals surface area (Å²) < 4.78 is 0. The van der Waals surface area contributed by atoms with Crippen LogP contribution in [0, 0.1) is 6.92 Å². The van der Waals surface area contributed by atoms with Crippen LogP contribution in [0.25, 0.3) is 5.57 Å². The number of carboxylic acid groups (broad SMARTS) is 1. The average Bonchev–Trinajstić information content (AvgIpc) is 2.55. The molecule has 1 aromatic carbocycles. The molecule has 0 radical (unpaired) electrons. The molecule has 0 bridgehead atoms. The highest BCUT2D eigenvalue weighted by Gasteiger charge is 2.29. The van der Waals surface area contributed by atoms with Crippen molar-refractivity contribution < 1.29 is 14.7 Å². The van der Waals surface area contributed by atoms with Crippen molar-refractivity contribution in [1.82, 2.24) is 5.01 Å². The van der Waals surface area contributed by atoms with Crippen LogP contribution in [0.4, 0.5) is 0 Å². The lowest BCUT2D eigenvalue weighted by atomic mass is 9.97. The molecule has 1 heterocycles. The standard InChI is InChI=1S/C19H18N2O3/c1-12-3-6-14(7-4-12)15-9-10-21(20-18(15)19(23)24)16-8-5-13(2)11-17(16)22/h3-9,11,16H,10H2,1-2H3,(H,23,24). The molecule has 1 aliphatic heterocycles. The minimum absolute atomic E-state index is 0.0439. The van der Waals surface area contributed by atoms with E-state index in [4.69, 9.17) is 0 Å². The van der Waals surface area contributed by atoms with Crippen molar-refractivity contribution in [2.75, 3.05) is 6.54 Å². The van der Waals surface area contributed by atoms with Crippen molar-refractivity contribution in [3.05, 3.63) is 65.3 Å². The first-order chi connectivity index (χ1) is 11.5. The third-order valence-corrected chi connectivity index (χ3v) is 4.06. The molecule has 1 aliphatic carbocycles. The molecule has 0 spiro atoms. The lowest BCUT2D eigenvalue weighted by molar-refractivity contribution is -0.129. The monoisotopic (exact) mass is 322 g/mol. The molecule has 1 N–H and O–H groups in total. The van der Waals surface area contributed by atoms with Gasteiger partial charge in [0.1, 0.15) is 6.04 Å². The molecule has 0 saturated heterocycles. The molecule has 5 nitrogen and oxygen atoms in total. The smallest absolute Gasteiger partial charge is 0.356 e. The average molecular weight is 322 g/mol. The van der Waals surface area contributed by atoms with Crippen LogP contribution >= 0.6 is 0 Å². The van der Waals surface area contributed by atoms with E-state index in [0.29, 0.717) is 12.1 Å². The van der Waals surface area contributed by atoms with Crippen molar-refractivity contribution in [2.24, 2.45) is 5.10 Å². The van der Waals surface area contributed by atoms with Gasteiger partial charge in [0.25, 0.3) is 0 Å². The summed E-state index contributed by atoms with van der Waals surface area (Å²) in [7, 11) is 0. The number of nitrogens with zero attached hydrogens (tertiary/aromatic N) is 2. The van der Waals surface area contributed by atoms with Crippen LogP contribution < -0.4 is 0 Å². The van der Waals surface area contributed by atoms with Gasteiger partial charge in [-0.1, -0.05) is 48.1 Å². The molecule has 0 amide bonds. The van der Waals surface area contributed by atoms with Crippen LogP contribution in [0.5, 0.6) is 0 Å². The Hall–Kier alpha value is -2.95. The van der Waals surface area contributed by atoms with Gasteiger partial charge in [-0.2, -0.15) is 5.10 Å². The predicted octanol–water partition coefficient (Wildman–Crippen LogP) is 2.59. The van der Waals surface area contributed by atoms with Crippen LogP contribution in [0.2, 0.25) is 0 Å². The van der Waals surface area contributed by atoms with E-state index in [9.17, 15) is 14.7 Å². The first-order valence-electron chi connectivity index (χ1n) is 7.72. The molecule has 1 unspecified atom stereocenters. The Bertz CT molecular complexity index is 814. The molecule has 3 rings (SSSR count). The van der Waals surface area contributed by atoms with Gasteiger partial charge >= 0.3 is 5.97 Å². The van der Waals surface area contributed by atoms with E-state index in [1.54, 1.807) is 12.2 Å². The predicted molar refractivity (Wildman–Crippen MR) is 92.6 cm³/mol. The molecule has 1 aromatic rings. The number of carbonyl (C=O) groups is 2. The Morgan fingerprint density at radius 1 is 1.25 bits per heavy atom. The number of carboxylic acids is 1. The molecule has 2 aliphatic rings. The van der Waals surface area contributed by atoms with Crippen molar-refractivity contribution in [1.29, 1.82) is 0 Å². The Labute approximate surface area is 140 Å². The van der Waals surface area contributed by atoms with Gasteiger partial charge in [0.05, 0.1) is 6.54 Å². The molecule has 24 heavy (non-hydrogen) atoms. The second kappa shape index (κ2) is 6.28. The Morgan fingerprint density at radius 2 is 1.96 bits per heavy atom. The van der Waals surface area contributed by atoms with Gasteiger partial charge in [0.2, 0.25) is 0 Å². The third-order valence-electron chi connectivity index (χ3n) is 4.06. The van der Waals surface area contributed by atoms with Crippen molar-refractivity contribution in [3.8, 4) is 0 Å². The zero-order chi connectivity index (χ0) is 17.3. The topological polar surface area (TPSA) is 70.0 Å². The molecule has 0 aromatic heterocycles. The first kappa shape index (κ1) is 15.9. The van der Waals surface area contributed by atoms with E-state index in [2.05, 4.69) is 5.10 Å². The van der Waals surface area contributed by atoms with E-state index in [0.717, 1.165) is 16.7 Å². The number of ketones is 1. The molecule has 122 valence electrons. The zero-order valence-corrected chi connectivity index (χ0v) is 13.6. The Balaban J connectivity index is 1.92. The number of carbonyl (C=O) groups excluding carboxylic acids is 1. The second-order valence-corrected chi connectivity index (χ2v) is 5.95. The third kappa shape index (κ3) is 3.06. The van der Waals surface area contributed by atoms with Crippen LogP contribution in [-0.4, -0.2) is 40.2 Å². The maximum absolute atomic E-state index is 12.2. The van der Waals surface area contributed by atoms with Crippen molar-refractivity contribution in [2.45, 2.75) is 19.9 Å². The van der Waals surface area contributed by atoms with Gasteiger partial charge in [-0.15, -0.1) is 0 Å². The number of benzene rings is 1. The summed E-state index contributed by atoms with van der Waals surface area (Å²) in [5.74, 6) is -1.19. The number of aliphatic carboxylic acids is 1. The number of hydrogen-bond donors (Lipinski definition) is 1. The summed E-state index contributed by atoms with van der Waals surface area (Å²) in [5.41, 5.74) is 3.33. The van der Waals surface area contributed by atoms with E-state index in [1.807, 2.05) is 50.3 Å². The fourth-order valence-corrected chi connectivity index (χ4v) is 2.77. The molecule has 0 saturated carbocycles. The summed E-state index contributed by atoms with van der Waals surface area (Å²) in [5, 5.41) is 15.3. The van der Waals surface area contributed by atoms with Crippen LogP contribution in [0.3, 0.4) is 0 Å². The van der Waals surface area contributed by atoms with Crippen molar-refractivity contribution >= 4 is 23.0 Å². The summed E-state index contributed by atoms with van der Waals surface area (Å²) in [4.78, 5) is 23.8. The van der Waals surface area contributed by atoms with E-state index in [1.165, 1.54) is 5.01 Å². The summed E-state index contributed by atoms with van der Waals surface area (Å²) in [6, 6.07) is 7.07. The molecule has 5 heteroatoms. The molecular weight excluding hydrogens is 304 g/mol. The quantitative estimate of drug-likeness (QED) is 0.928. The van der Waals surface area contributed by atoms with E-state index in [-0.39, 0.29) is 11.5 Å². The zero-order valence-electron chi connectivity index (χ0n) is 13.6. The first-order valence-corrected chi connectivity index (χ1v) is 7.72. The Morgan fingerprint density at radius 3 is 2.58 bits per heavy atom. The summed E-state index contributed by atoms with van der Waals surface area (Å²) in [6.45, 7) is 4.21. The normalized spacial score (nSPS) is 20.4. The highest BCUT2D eigenvalue weighted by atomic mass is 16.4. The van der Waals surface area contributed by atoms with Gasteiger partial charge < -0.3 is 5.11 Å². The maximum atomic E-state index is 12.2. The lowest BCUT2D eigenvalue weighted by Gasteiger charge is -2.29. The fourth-order valence-electron chi connectivity index (χ4n) is 2.77. The van der Waals surface area contributed by atoms with Crippen LogP contribution in [0.1, 0.15) is 18.1 Å². The minimum atomic E-state index is -1.11. The van der Waals surface area contributed by atoms with E-state index < -0.39 is 12.0 Å². The van der Waals surface area contributed by atoms with Gasteiger partial charge in [0.15, 0.2) is 11.5 Å². The van der Waals surface area contributed by atoms with Crippen LogP contribution in [-0.2, 0) is 9.59 Å². The molecule has 1 atom stereocenters. The van der Waals surface area contributed by atoms with Gasteiger partial charge in [-0.25, -0.2) is 4.79 Å². The fraction of sp³-hybridized carbons (Fsp3) is 0.211. The maximum Gasteiger partial charge on any atom is 0.356 e. The minimum Gasteiger partial charge on any atom is -0.476 e. The number of rotatable bonds is 3. The Kier molecular flexibility index (Phi) is 4.16. The number of allylic oxidation sites excluding steroid dienone is 2. The summed E-state index contributed by atoms with van der Waals surface area (Å²) >= 11 is 0. The lowest BCUT2D eigenvalue weighted by Crippen LogP contribution is -2.40. The highest BCUT2D eigenvalue weighted by molar-refractivity contribution is 6.53. The van der Waals surface area contributed by atoms with Gasteiger partial charge in [0, 0.05) is 5.57 Å². The summed E-state index contributed by atoms with van der Waals surface area (Å²) in [6.07, 6.45) is 6.97. The number of hydrogen-bond acceptors (Lipinski definition) is 4. The largest absolute Gasteiger partial charge is 0.476 e. The highest BCUT2D eigenvalue weighted by Crippen LogP contribution is 2.24. The molecular formula is C19H18N2O3.